The van der Waals surface area contributed by atoms with E-state index >= 15 is 0 Å². The Hall–Kier alpha value is -1.72. The maximum absolute atomic E-state index is 12.3. The summed E-state index contributed by atoms with van der Waals surface area (Å²) in [7, 11) is 1.27. The van der Waals surface area contributed by atoms with E-state index in [4.69, 9.17) is 9.47 Å². The van der Waals surface area contributed by atoms with E-state index in [2.05, 4.69) is 0 Å². The van der Waals surface area contributed by atoms with E-state index in [9.17, 15) is 14.7 Å². The number of carbonyl (C=O) groups excluding carboxylic acids is 2. The molecule has 0 spiro atoms. The number of aliphatic hydroxyl groups is 1. The van der Waals surface area contributed by atoms with Crippen LogP contribution in [0.15, 0.2) is 11.3 Å². The van der Waals surface area contributed by atoms with Crippen LogP contribution in [0, 0.1) is 0 Å². The lowest BCUT2D eigenvalue weighted by Crippen LogP contribution is -2.48. The molecule has 112 valence electrons. The van der Waals surface area contributed by atoms with Gasteiger partial charge < -0.3 is 14.6 Å². The summed E-state index contributed by atoms with van der Waals surface area (Å²) in [4.78, 5) is 25.7. The van der Waals surface area contributed by atoms with E-state index in [-0.39, 0.29) is 23.8 Å². The molecule has 1 N–H and O–H groups in total. The Balaban J connectivity index is 2.26. The molecule has 2 atom stereocenters. The molecule has 1 saturated heterocycles. The molecular weight excluding hydrogens is 262 g/mol. The maximum Gasteiger partial charge on any atom is 0.411 e. The molecule has 2 rings (SSSR count). The molecule has 6 nitrogen and oxygen atoms in total. The van der Waals surface area contributed by atoms with Crippen LogP contribution in [0.2, 0.25) is 0 Å². The van der Waals surface area contributed by atoms with Crippen LogP contribution in [0.4, 0.5) is 4.79 Å². The van der Waals surface area contributed by atoms with E-state index in [0.717, 1.165) is 6.42 Å². The van der Waals surface area contributed by atoms with Crippen molar-refractivity contribution in [1.82, 2.24) is 4.90 Å². The molecule has 0 aromatic rings. The SMILES string of the molecule is COC(=O)C1=C(O)CC2CCC1N2C(=O)OC(C)(C)C. The molecule has 0 radical (unpaired) electrons. The second-order valence-corrected chi connectivity index (χ2v) is 6.19. The molecule has 0 saturated carbocycles. The minimum atomic E-state index is -0.592. The van der Waals surface area contributed by atoms with Crippen molar-refractivity contribution >= 4 is 12.1 Å². The number of hydrogen-bond acceptors (Lipinski definition) is 5. The molecule has 0 aromatic heterocycles. The number of hydrogen-bond donors (Lipinski definition) is 1. The van der Waals surface area contributed by atoms with Gasteiger partial charge in [-0.1, -0.05) is 0 Å². The summed E-state index contributed by atoms with van der Waals surface area (Å²) in [6, 6.07) is -0.556. The molecule has 2 aliphatic rings. The second kappa shape index (κ2) is 5.00. The normalized spacial score (nSPS) is 25.7. The van der Waals surface area contributed by atoms with Crippen LogP contribution in [0.1, 0.15) is 40.0 Å². The van der Waals surface area contributed by atoms with Gasteiger partial charge in [-0.3, -0.25) is 4.90 Å². The number of rotatable bonds is 1. The molecule has 1 fully saturated rings. The van der Waals surface area contributed by atoms with Gasteiger partial charge in [0.15, 0.2) is 0 Å². The van der Waals surface area contributed by atoms with Crippen LogP contribution in [0.5, 0.6) is 0 Å². The third kappa shape index (κ3) is 2.59. The first-order valence-corrected chi connectivity index (χ1v) is 6.76. The number of carbonyl (C=O) groups is 2. The number of amides is 1. The molecule has 20 heavy (non-hydrogen) atoms. The smallest absolute Gasteiger partial charge is 0.411 e. The van der Waals surface area contributed by atoms with Crippen molar-refractivity contribution < 1.29 is 24.2 Å². The van der Waals surface area contributed by atoms with Crippen molar-refractivity contribution in [2.24, 2.45) is 0 Å². The lowest BCUT2D eigenvalue weighted by atomic mass is 10.00. The van der Waals surface area contributed by atoms with Crippen LogP contribution in [0.3, 0.4) is 0 Å². The monoisotopic (exact) mass is 283 g/mol. The molecule has 2 heterocycles. The first kappa shape index (κ1) is 14.7. The van der Waals surface area contributed by atoms with Crippen LogP contribution in [-0.2, 0) is 14.3 Å². The summed E-state index contributed by atoms with van der Waals surface area (Å²) in [5.41, 5.74) is -0.405. The Labute approximate surface area is 118 Å². The van der Waals surface area contributed by atoms with Crippen LogP contribution in [-0.4, -0.2) is 46.9 Å². The molecule has 6 heteroatoms. The highest BCUT2D eigenvalue weighted by Crippen LogP contribution is 2.39. The molecular formula is C14H21NO5. The van der Waals surface area contributed by atoms with Crippen molar-refractivity contribution in [3.8, 4) is 0 Å². The van der Waals surface area contributed by atoms with Crippen LogP contribution >= 0.6 is 0 Å². The summed E-state index contributed by atoms with van der Waals surface area (Å²) in [5, 5.41) is 9.98. The number of esters is 1. The molecule has 0 aromatic carbocycles. The van der Waals surface area contributed by atoms with Gasteiger partial charge in [0.1, 0.15) is 11.4 Å². The number of methoxy groups -OCH3 is 1. The van der Waals surface area contributed by atoms with Crippen LogP contribution < -0.4 is 0 Å². The van der Waals surface area contributed by atoms with Crippen molar-refractivity contribution in [1.29, 1.82) is 0 Å². The quantitative estimate of drug-likeness (QED) is 0.746. The zero-order valence-electron chi connectivity index (χ0n) is 12.3. The topological polar surface area (TPSA) is 76.1 Å². The van der Waals surface area contributed by atoms with Crippen molar-refractivity contribution in [2.75, 3.05) is 7.11 Å². The molecule has 0 aliphatic carbocycles. The molecule has 1 amide bonds. The Bertz CT molecular complexity index is 463. The van der Waals surface area contributed by atoms with Gasteiger partial charge in [0, 0.05) is 12.5 Å². The van der Waals surface area contributed by atoms with Gasteiger partial charge in [0.05, 0.1) is 18.7 Å². The molecule has 2 aliphatic heterocycles. The van der Waals surface area contributed by atoms with E-state index in [1.54, 1.807) is 25.7 Å². The zero-order chi connectivity index (χ0) is 15.1. The first-order chi connectivity index (χ1) is 9.24. The summed E-state index contributed by atoms with van der Waals surface area (Å²) in [6.45, 7) is 5.39. The highest BCUT2D eigenvalue weighted by atomic mass is 16.6. The maximum atomic E-state index is 12.3. The fraction of sp³-hybridized carbons (Fsp3) is 0.714. The third-order valence-electron chi connectivity index (χ3n) is 3.59. The lowest BCUT2D eigenvalue weighted by Gasteiger charge is -2.36. The van der Waals surface area contributed by atoms with Gasteiger partial charge in [0.2, 0.25) is 0 Å². The highest BCUT2D eigenvalue weighted by molar-refractivity contribution is 5.92. The second-order valence-electron chi connectivity index (χ2n) is 6.19. The Morgan fingerprint density at radius 2 is 1.95 bits per heavy atom. The summed E-state index contributed by atoms with van der Waals surface area (Å²) >= 11 is 0. The predicted molar refractivity (Wildman–Crippen MR) is 71.2 cm³/mol. The number of nitrogens with zero attached hydrogens (tertiary/aromatic N) is 1. The Morgan fingerprint density at radius 3 is 2.50 bits per heavy atom. The standard InChI is InChI=1S/C14H21NO5/c1-14(2,3)20-13(18)15-8-5-6-9(15)11(10(16)7-8)12(17)19-4/h8-9,16H,5-7H2,1-4H3. The number of ether oxygens (including phenoxy) is 2. The van der Waals surface area contributed by atoms with E-state index < -0.39 is 23.7 Å². The largest absolute Gasteiger partial charge is 0.512 e. The van der Waals surface area contributed by atoms with Gasteiger partial charge in [-0.15, -0.1) is 0 Å². The van der Waals surface area contributed by atoms with E-state index in [1.165, 1.54) is 7.11 Å². The summed E-state index contributed by atoms with van der Waals surface area (Å²) in [5.74, 6) is -0.550. The predicted octanol–water partition coefficient (Wildman–Crippen LogP) is 2.14. The van der Waals surface area contributed by atoms with Gasteiger partial charge >= 0.3 is 12.1 Å². The summed E-state index contributed by atoms with van der Waals surface area (Å²) in [6.07, 6.45) is 1.21. The van der Waals surface area contributed by atoms with Crippen molar-refractivity contribution in [3.63, 3.8) is 0 Å². The molecule has 2 unspecified atom stereocenters. The summed E-state index contributed by atoms with van der Waals surface area (Å²) < 4.78 is 10.1. The fourth-order valence-corrected chi connectivity index (χ4v) is 2.85. The third-order valence-corrected chi connectivity index (χ3v) is 3.59. The van der Waals surface area contributed by atoms with Gasteiger partial charge in [0.25, 0.3) is 0 Å². The lowest BCUT2D eigenvalue weighted by molar-refractivity contribution is -0.137. The Morgan fingerprint density at radius 1 is 1.30 bits per heavy atom. The minimum Gasteiger partial charge on any atom is -0.512 e. The average Bonchev–Trinajstić information content (AvgIpc) is 2.63. The minimum absolute atomic E-state index is 0.0316. The first-order valence-electron chi connectivity index (χ1n) is 6.76. The van der Waals surface area contributed by atoms with Gasteiger partial charge in [-0.25, -0.2) is 9.59 Å². The Kier molecular flexibility index (Phi) is 3.67. The van der Waals surface area contributed by atoms with Crippen molar-refractivity contribution in [3.05, 3.63) is 11.3 Å². The van der Waals surface area contributed by atoms with E-state index in [0.29, 0.717) is 6.42 Å². The molecule has 2 bridgehead atoms. The van der Waals surface area contributed by atoms with E-state index in [1.807, 2.05) is 0 Å². The fourth-order valence-electron chi connectivity index (χ4n) is 2.85. The van der Waals surface area contributed by atoms with Gasteiger partial charge in [-0.2, -0.15) is 0 Å². The number of fused-ring (bicyclic) bond motifs is 2. The van der Waals surface area contributed by atoms with Gasteiger partial charge in [-0.05, 0) is 33.6 Å². The average molecular weight is 283 g/mol. The number of aliphatic hydroxyl groups excluding tert-OH is 1. The van der Waals surface area contributed by atoms with Crippen molar-refractivity contribution in [2.45, 2.75) is 57.7 Å². The zero-order valence-corrected chi connectivity index (χ0v) is 12.3. The van der Waals surface area contributed by atoms with Crippen LogP contribution in [0.25, 0.3) is 0 Å². The highest BCUT2D eigenvalue weighted by Gasteiger charge is 2.48.